The second-order valence-corrected chi connectivity index (χ2v) is 16.9. The zero-order chi connectivity index (χ0) is 37.5. The monoisotopic (exact) mass is 766 g/mol. The van der Waals surface area contributed by atoms with Gasteiger partial charge in [0.05, 0.1) is 21.4 Å². The van der Waals surface area contributed by atoms with Crippen LogP contribution in [-0.4, -0.2) is 10.4 Å². The highest BCUT2D eigenvalue weighted by Crippen LogP contribution is 2.43. The molecule has 11 aromatic rings. The Balaban J connectivity index is 0.940. The molecule has 2 N–H and O–H groups in total. The summed E-state index contributed by atoms with van der Waals surface area (Å²) in [5.41, 5.74) is 9.56. The predicted molar refractivity (Wildman–Crippen MR) is 243 cm³/mol. The SMILES string of the molecule is c1ccc(C2=NC(c3ccccc3)NC(c3ccc4sc5ccc(-c6ccc7c(c6)sc6c(-n8c9ccccc9c9ccccc98)cccc67)cc5c4c3)N2)cc1. The van der Waals surface area contributed by atoms with Gasteiger partial charge in [-0.25, -0.2) is 4.99 Å². The third-order valence-corrected chi connectivity index (χ3v) is 13.8. The molecular formula is C51H34N4S2. The van der Waals surface area contributed by atoms with Gasteiger partial charge in [0.2, 0.25) is 0 Å². The molecule has 0 bridgehead atoms. The van der Waals surface area contributed by atoms with Crippen LogP contribution in [0.25, 0.3) is 79.0 Å². The minimum absolute atomic E-state index is 0.117. The number of nitrogens with one attached hydrogen (secondary N) is 2. The Morgan fingerprint density at radius 2 is 1.09 bits per heavy atom. The summed E-state index contributed by atoms with van der Waals surface area (Å²) in [6, 6.07) is 66.1. The Hall–Kier alpha value is -6.57. The van der Waals surface area contributed by atoms with Gasteiger partial charge >= 0.3 is 0 Å². The first-order valence-electron chi connectivity index (χ1n) is 19.3. The second-order valence-electron chi connectivity index (χ2n) is 14.8. The first-order valence-corrected chi connectivity index (χ1v) is 21.0. The van der Waals surface area contributed by atoms with Gasteiger partial charge < -0.3 is 9.88 Å². The van der Waals surface area contributed by atoms with E-state index in [0.717, 1.165) is 17.0 Å². The molecule has 0 fully saturated rings. The smallest absolute Gasteiger partial charge is 0.131 e. The number of hydrogen-bond donors (Lipinski definition) is 2. The lowest BCUT2D eigenvalue weighted by atomic mass is 10.00. The number of para-hydroxylation sites is 2. The van der Waals surface area contributed by atoms with Crippen molar-refractivity contribution in [3.8, 4) is 16.8 Å². The largest absolute Gasteiger partial charge is 0.350 e. The highest BCUT2D eigenvalue weighted by Gasteiger charge is 2.26. The second kappa shape index (κ2) is 13.0. The van der Waals surface area contributed by atoms with Crippen molar-refractivity contribution in [2.45, 2.75) is 12.3 Å². The number of aromatic nitrogens is 1. The van der Waals surface area contributed by atoms with Crippen LogP contribution in [0.1, 0.15) is 29.0 Å². The van der Waals surface area contributed by atoms with E-state index in [9.17, 15) is 0 Å². The minimum atomic E-state index is -0.170. The van der Waals surface area contributed by atoms with Gasteiger partial charge in [0.15, 0.2) is 0 Å². The maximum atomic E-state index is 5.12. The molecule has 1 aliphatic rings. The minimum Gasteiger partial charge on any atom is -0.350 e. The molecular weight excluding hydrogens is 733 g/mol. The van der Waals surface area contributed by atoms with Crippen LogP contribution in [-0.2, 0) is 0 Å². The maximum absolute atomic E-state index is 5.12. The van der Waals surface area contributed by atoms with Crippen LogP contribution < -0.4 is 10.6 Å². The van der Waals surface area contributed by atoms with E-state index in [0.29, 0.717) is 0 Å². The molecule has 0 radical (unpaired) electrons. The summed E-state index contributed by atoms with van der Waals surface area (Å²) in [5, 5.41) is 15.2. The van der Waals surface area contributed by atoms with Crippen LogP contribution in [0.2, 0.25) is 0 Å². The molecule has 12 rings (SSSR count). The van der Waals surface area contributed by atoms with Crippen LogP contribution in [0.4, 0.5) is 0 Å². The summed E-state index contributed by atoms with van der Waals surface area (Å²) < 4.78 is 7.64. The van der Waals surface area contributed by atoms with E-state index in [2.05, 4.69) is 191 Å². The van der Waals surface area contributed by atoms with Crippen molar-refractivity contribution in [1.82, 2.24) is 15.2 Å². The molecule has 2 atom stereocenters. The lowest BCUT2D eigenvalue weighted by Crippen LogP contribution is -2.44. The number of nitrogens with zero attached hydrogens (tertiary/aromatic N) is 2. The molecule has 270 valence electrons. The van der Waals surface area contributed by atoms with Gasteiger partial charge in [0.25, 0.3) is 0 Å². The van der Waals surface area contributed by atoms with Gasteiger partial charge in [0.1, 0.15) is 18.2 Å². The zero-order valence-electron chi connectivity index (χ0n) is 30.7. The van der Waals surface area contributed by atoms with Gasteiger partial charge in [-0.1, -0.05) is 133 Å². The average molecular weight is 767 g/mol. The molecule has 4 heterocycles. The number of benzene rings is 8. The van der Waals surface area contributed by atoms with Crippen molar-refractivity contribution in [3.63, 3.8) is 0 Å². The lowest BCUT2D eigenvalue weighted by Gasteiger charge is -2.32. The summed E-state index contributed by atoms with van der Waals surface area (Å²) in [6.45, 7) is 0. The number of aliphatic imine (C=N–C) groups is 1. The Bertz CT molecular complexity index is 3320. The summed E-state index contributed by atoms with van der Waals surface area (Å²) in [7, 11) is 0. The number of amidine groups is 1. The van der Waals surface area contributed by atoms with Crippen molar-refractivity contribution < 1.29 is 0 Å². The van der Waals surface area contributed by atoms with Gasteiger partial charge in [-0.2, -0.15) is 0 Å². The van der Waals surface area contributed by atoms with E-state index in [-0.39, 0.29) is 12.3 Å². The topological polar surface area (TPSA) is 41.4 Å². The molecule has 2 unspecified atom stereocenters. The summed E-state index contributed by atoms with van der Waals surface area (Å²) >= 11 is 3.75. The van der Waals surface area contributed by atoms with Crippen molar-refractivity contribution in [1.29, 1.82) is 0 Å². The Morgan fingerprint density at radius 3 is 1.88 bits per heavy atom. The molecule has 8 aromatic carbocycles. The summed E-state index contributed by atoms with van der Waals surface area (Å²) in [6.07, 6.45) is -0.288. The lowest BCUT2D eigenvalue weighted by molar-refractivity contribution is 0.409. The third kappa shape index (κ3) is 5.33. The van der Waals surface area contributed by atoms with Crippen molar-refractivity contribution in [3.05, 3.63) is 199 Å². The quantitative estimate of drug-likeness (QED) is 0.183. The van der Waals surface area contributed by atoms with Gasteiger partial charge in [-0.3, -0.25) is 5.32 Å². The number of fused-ring (bicyclic) bond motifs is 9. The molecule has 3 aromatic heterocycles. The normalized spacial score (nSPS) is 15.9. The first-order chi connectivity index (χ1) is 28.2. The molecule has 4 nitrogen and oxygen atoms in total. The number of thiophene rings is 2. The van der Waals surface area contributed by atoms with Crippen LogP contribution >= 0.6 is 22.7 Å². The molecule has 0 amide bonds. The predicted octanol–water partition coefficient (Wildman–Crippen LogP) is 13.5. The van der Waals surface area contributed by atoms with Gasteiger partial charge in [-0.05, 0) is 70.8 Å². The fourth-order valence-electron chi connectivity index (χ4n) is 8.75. The van der Waals surface area contributed by atoms with Crippen molar-refractivity contribution >= 4 is 90.7 Å². The Morgan fingerprint density at radius 1 is 0.439 bits per heavy atom. The van der Waals surface area contributed by atoms with Crippen LogP contribution in [0.15, 0.2) is 187 Å². The average Bonchev–Trinajstić information content (AvgIpc) is 3.95. The highest BCUT2D eigenvalue weighted by atomic mass is 32.1. The van der Waals surface area contributed by atoms with E-state index < -0.39 is 0 Å². The van der Waals surface area contributed by atoms with E-state index >= 15 is 0 Å². The molecule has 0 spiro atoms. The molecule has 6 heteroatoms. The molecule has 1 aliphatic heterocycles. The summed E-state index contributed by atoms with van der Waals surface area (Å²) in [4.78, 5) is 5.12. The molecule has 0 saturated carbocycles. The summed E-state index contributed by atoms with van der Waals surface area (Å²) in [5.74, 6) is 0.893. The third-order valence-electron chi connectivity index (χ3n) is 11.5. The first kappa shape index (κ1) is 32.7. The standard InChI is InChI=1S/C51H34N4S2/c1-3-12-31(13-4-1)49-52-50(32-14-5-2-6-15-32)54-51(53-49)35-24-27-46-41(29-35)40-28-33(23-26-45(40)56-46)34-22-25-38-39-18-11-21-44(48(39)57-47(38)30-34)55-42-19-9-7-16-36(42)37-17-8-10-20-43(37)55/h1-30,49,51,53H,(H,52,54). The molecule has 0 saturated heterocycles. The molecule has 0 aliphatic carbocycles. The number of hydrogen-bond acceptors (Lipinski definition) is 5. The van der Waals surface area contributed by atoms with Crippen LogP contribution in [0.5, 0.6) is 0 Å². The zero-order valence-corrected chi connectivity index (χ0v) is 32.3. The van der Waals surface area contributed by atoms with Crippen LogP contribution in [0, 0.1) is 0 Å². The van der Waals surface area contributed by atoms with E-state index in [1.165, 1.54) is 84.5 Å². The van der Waals surface area contributed by atoms with E-state index in [1.54, 1.807) is 0 Å². The van der Waals surface area contributed by atoms with Crippen LogP contribution in [0.3, 0.4) is 0 Å². The highest BCUT2D eigenvalue weighted by molar-refractivity contribution is 7.26. The van der Waals surface area contributed by atoms with Crippen molar-refractivity contribution in [2.75, 3.05) is 0 Å². The van der Waals surface area contributed by atoms with Crippen molar-refractivity contribution in [2.24, 2.45) is 4.99 Å². The number of rotatable bonds is 5. The van der Waals surface area contributed by atoms with Gasteiger partial charge in [-0.15, -0.1) is 22.7 Å². The van der Waals surface area contributed by atoms with Gasteiger partial charge in [0, 0.05) is 52.0 Å². The Labute approximate surface area is 337 Å². The maximum Gasteiger partial charge on any atom is 0.131 e. The van der Waals surface area contributed by atoms with E-state index in [1.807, 2.05) is 28.7 Å². The Kier molecular flexibility index (Phi) is 7.45. The van der Waals surface area contributed by atoms with E-state index in [4.69, 9.17) is 4.99 Å². The molecule has 57 heavy (non-hydrogen) atoms. The fourth-order valence-corrected chi connectivity index (χ4v) is 11.1. The fraction of sp³-hybridized carbons (Fsp3) is 0.0392.